The van der Waals surface area contributed by atoms with Gasteiger partial charge in [0.05, 0.1) is 11.4 Å². The highest BCUT2D eigenvalue weighted by Gasteiger charge is 2.20. The van der Waals surface area contributed by atoms with Gasteiger partial charge < -0.3 is 21.3 Å². The number of rotatable bonds is 2. The number of halogens is 1. The third-order valence-corrected chi connectivity index (χ3v) is 4.13. The van der Waals surface area contributed by atoms with E-state index in [9.17, 15) is 9.65 Å². The summed E-state index contributed by atoms with van der Waals surface area (Å²) in [5.41, 5.74) is 12.9. The van der Waals surface area contributed by atoms with Crippen molar-refractivity contribution in [1.29, 1.82) is 5.26 Å². The highest BCUT2D eigenvalue weighted by atomic mass is 19.1. The van der Waals surface area contributed by atoms with Crippen LogP contribution in [0.2, 0.25) is 0 Å². The first kappa shape index (κ1) is 16.0. The molecule has 0 bridgehead atoms. The Bertz CT molecular complexity index is 807. The van der Waals surface area contributed by atoms with Crippen LogP contribution in [-0.2, 0) is 0 Å². The molecule has 1 fully saturated rings. The van der Waals surface area contributed by atoms with Crippen LogP contribution in [0.25, 0.3) is 11.3 Å². The Kier molecular flexibility index (Phi) is 4.18. The number of nitrogens with zero attached hydrogens (tertiary/aromatic N) is 5. The molecular weight excluding hydrogens is 309 g/mol. The van der Waals surface area contributed by atoms with Crippen molar-refractivity contribution in [2.24, 2.45) is 0 Å². The maximum Gasteiger partial charge on any atom is 0.222 e. The van der Waals surface area contributed by atoms with E-state index in [1.807, 2.05) is 18.0 Å². The van der Waals surface area contributed by atoms with Crippen LogP contribution in [0, 0.1) is 17.1 Å². The molecule has 0 atom stereocenters. The minimum atomic E-state index is -0.309. The Hall–Kier alpha value is -2.92. The summed E-state index contributed by atoms with van der Waals surface area (Å²) in [6.07, 6.45) is 0. The van der Waals surface area contributed by atoms with Crippen LogP contribution in [0.3, 0.4) is 0 Å². The smallest absolute Gasteiger partial charge is 0.222 e. The lowest BCUT2D eigenvalue weighted by Crippen LogP contribution is -2.44. The lowest BCUT2D eigenvalue weighted by atomic mass is 10.1. The summed E-state index contributed by atoms with van der Waals surface area (Å²) in [5.74, 6) is -0.311. The fraction of sp³-hybridized carbons (Fsp3) is 0.312. The van der Waals surface area contributed by atoms with Crippen LogP contribution in [0.4, 0.5) is 21.8 Å². The highest BCUT2D eigenvalue weighted by Crippen LogP contribution is 2.30. The Morgan fingerprint density at radius 3 is 2.54 bits per heavy atom. The molecule has 1 aromatic carbocycles. The molecule has 8 heteroatoms. The van der Waals surface area contributed by atoms with E-state index in [1.54, 1.807) is 12.1 Å². The van der Waals surface area contributed by atoms with Gasteiger partial charge in [0.25, 0.3) is 0 Å². The third-order valence-electron chi connectivity index (χ3n) is 4.13. The van der Waals surface area contributed by atoms with Crippen LogP contribution >= 0.6 is 0 Å². The zero-order valence-corrected chi connectivity index (χ0v) is 13.3. The molecule has 1 saturated heterocycles. The van der Waals surface area contributed by atoms with Gasteiger partial charge in [0, 0.05) is 31.7 Å². The average Bonchev–Trinajstić information content (AvgIpc) is 2.55. The molecule has 0 spiro atoms. The Morgan fingerprint density at radius 2 is 1.88 bits per heavy atom. The van der Waals surface area contributed by atoms with E-state index in [-0.39, 0.29) is 23.1 Å². The first-order chi connectivity index (χ1) is 11.5. The number of nitrogen functional groups attached to an aromatic ring is 2. The van der Waals surface area contributed by atoms with E-state index in [2.05, 4.69) is 14.9 Å². The van der Waals surface area contributed by atoms with Crippen molar-refractivity contribution in [1.82, 2.24) is 14.9 Å². The molecule has 0 unspecified atom stereocenters. The Balaban J connectivity index is 2.05. The van der Waals surface area contributed by atoms with Gasteiger partial charge in [0.15, 0.2) is 0 Å². The van der Waals surface area contributed by atoms with Gasteiger partial charge >= 0.3 is 0 Å². The fourth-order valence-electron chi connectivity index (χ4n) is 2.76. The number of hydrogen-bond donors (Lipinski definition) is 2. The van der Waals surface area contributed by atoms with Gasteiger partial charge in [-0.3, -0.25) is 0 Å². The lowest BCUT2D eigenvalue weighted by molar-refractivity contribution is 0.311. The third kappa shape index (κ3) is 2.94. The summed E-state index contributed by atoms with van der Waals surface area (Å²) < 4.78 is 14.3. The van der Waals surface area contributed by atoms with E-state index in [4.69, 9.17) is 11.5 Å². The molecule has 7 nitrogen and oxygen atoms in total. The summed E-state index contributed by atoms with van der Waals surface area (Å²) in [4.78, 5) is 12.1. The van der Waals surface area contributed by atoms with Crippen LogP contribution in [0.1, 0.15) is 5.56 Å². The maximum atomic E-state index is 14.3. The van der Waals surface area contributed by atoms with Crippen LogP contribution in [-0.4, -0.2) is 48.1 Å². The number of hydrogen-bond acceptors (Lipinski definition) is 7. The molecule has 0 radical (unpaired) electrons. The van der Waals surface area contributed by atoms with Gasteiger partial charge in [-0.25, -0.2) is 9.37 Å². The molecule has 1 aliphatic heterocycles. The number of benzene rings is 1. The quantitative estimate of drug-likeness (QED) is 0.849. The van der Waals surface area contributed by atoms with E-state index < -0.39 is 0 Å². The first-order valence-corrected chi connectivity index (χ1v) is 7.56. The second-order valence-electron chi connectivity index (χ2n) is 5.76. The molecule has 2 aromatic rings. The van der Waals surface area contributed by atoms with Crippen LogP contribution in [0.5, 0.6) is 0 Å². The van der Waals surface area contributed by atoms with Gasteiger partial charge in [-0.15, -0.1) is 0 Å². The molecule has 0 aliphatic carbocycles. The van der Waals surface area contributed by atoms with Crippen molar-refractivity contribution in [3.05, 3.63) is 29.6 Å². The normalized spacial score (nSPS) is 15.3. The molecule has 0 saturated carbocycles. The molecule has 1 aromatic heterocycles. The molecule has 4 N–H and O–H groups in total. The molecule has 2 heterocycles. The minimum absolute atomic E-state index is 0.0190. The van der Waals surface area contributed by atoms with Gasteiger partial charge in [-0.05, 0) is 25.2 Å². The molecule has 1 aliphatic rings. The second-order valence-corrected chi connectivity index (χ2v) is 5.76. The summed E-state index contributed by atoms with van der Waals surface area (Å²) in [5, 5.41) is 9.31. The number of piperazine rings is 1. The standard InChI is InChI=1S/C16H18FN7/c1-23-4-6-24(7-5-23)13-8-10(2-3-12(13)17)14-11(9-18)15(19)22-16(20)21-14/h2-3,8H,4-7H2,1H3,(H4,19,20,21,22). The minimum Gasteiger partial charge on any atom is -0.382 e. The first-order valence-electron chi connectivity index (χ1n) is 7.56. The highest BCUT2D eigenvalue weighted by molar-refractivity contribution is 5.75. The molecular formula is C16H18FN7. The van der Waals surface area contributed by atoms with E-state index in [0.717, 1.165) is 26.2 Å². The van der Waals surface area contributed by atoms with Gasteiger partial charge in [0.1, 0.15) is 23.3 Å². The molecule has 24 heavy (non-hydrogen) atoms. The van der Waals surface area contributed by atoms with Crippen molar-refractivity contribution < 1.29 is 4.39 Å². The predicted octanol–water partition coefficient (Wildman–Crippen LogP) is 1.07. The number of aromatic nitrogens is 2. The zero-order valence-electron chi connectivity index (χ0n) is 13.3. The van der Waals surface area contributed by atoms with E-state index in [1.165, 1.54) is 6.07 Å². The largest absolute Gasteiger partial charge is 0.382 e. The SMILES string of the molecule is CN1CCN(c2cc(-c3nc(N)nc(N)c3C#N)ccc2F)CC1. The topological polar surface area (TPSA) is 108 Å². The van der Waals surface area contributed by atoms with Crippen LogP contribution < -0.4 is 16.4 Å². The zero-order chi connectivity index (χ0) is 17.3. The van der Waals surface area contributed by atoms with Gasteiger partial charge in [-0.2, -0.15) is 10.2 Å². The summed E-state index contributed by atoms with van der Waals surface area (Å²) >= 11 is 0. The molecule has 3 rings (SSSR count). The van der Waals surface area contributed by atoms with Crippen molar-refractivity contribution in [2.75, 3.05) is 49.6 Å². The van der Waals surface area contributed by atoms with Crippen molar-refractivity contribution in [3.63, 3.8) is 0 Å². The molecule has 0 amide bonds. The number of anilines is 3. The van der Waals surface area contributed by atoms with Gasteiger partial charge in [0.2, 0.25) is 5.95 Å². The van der Waals surface area contributed by atoms with Crippen LogP contribution in [0.15, 0.2) is 18.2 Å². The number of nitriles is 1. The molecule has 124 valence electrons. The number of nitrogens with two attached hydrogens (primary N) is 2. The van der Waals surface area contributed by atoms with Crippen molar-refractivity contribution in [3.8, 4) is 17.3 Å². The van der Waals surface area contributed by atoms with Crippen molar-refractivity contribution in [2.45, 2.75) is 0 Å². The summed E-state index contributed by atoms with van der Waals surface area (Å²) in [7, 11) is 2.04. The van der Waals surface area contributed by atoms with Gasteiger partial charge in [-0.1, -0.05) is 0 Å². The predicted molar refractivity (Wildman–Crippen MR) is 90.7 cm³/mol. The van der Waals surface area contributed by atoms with E-state index in [0.29, 0.717) is 16.9 Å². The fourth-order valence-corrected chi connectivity index (χ4v) is 2.76. The Morgan fingerprint density at radius 1 is 1.17 bits per heavy atom. The average molecular weight is 327 g/mol. The Labute approximate surface area is 139 Å². The summed E-state index contributed by atoms with van der Waals surface area (Å²) in [6, 6.07) is 6.61. The lowest BCUT2D eigenvalue weighted by Gasteiger charge is -2.34. The van der Waals surface area contributed by atoms with E-state index >= 15 is 0 Å². The monoisotopic (exact) mass is 327 g/mol. The maximum absolute atomic E-state index is 14.3. The number of likely N-dealkylation sites (N-methyl/N-ethyl adjacent to an activating group) is 1. The second kappa shape index (κ2) is 6.29. The summed E-state index contributed by atoms with van der Waals surface area (Å²) in [6.45, 7) is 3.19. The van der Waals surface area contributed by atoms with Crippen molar-refractivity contribution >= 4 is 17.5 Å².